The highest BCUT2D eigenvalue weighted by Crippen LogP contribution is 2.07. The average Bonchev–Trinajstić information content (AvgIpc) is 1.77. The van der Waals surface area contributed by atoms with Gasteiger partial charge in [-0.2, -0.15) is 0 Å². The molecule has 0 spiro atoms. The molecule has 0 saturated carbocycles. The first-order valence-electron chi connectivity index (χ1n) is 3.47. The summed E-state index contributed by atoms with van der Waals surface area (Å²) in [5.74, 6) is 0. The summed E-state index contributed by atoms with van der Waals surface area (Å²) in [6, 6.07) is 0. The van der Waals surface area contributed by atoms with Crippen LogP contribution in [-0.2, 0) is 0 Å². The predicted octanol–water partition coefficient (Wildman–Crippen LogP) is 1.06. The Hall–Kier alpha value is 0.0249. The Labute approximate surface area is 52.1 Å². The summed E-state index contributed by atoms with van der Waals surface area (Å²) in [6.45, 7) is 5.93. The topological polar surface area (TPSA) is 3.24 Å². The molecule has 1 fully saturated rings. The van der Waals surface area contributed by atoms with Crippen LogP contribution < -0.4 is 0 Å². The summed E-state index contributed by atoms with van der Waals surface area (Å²) in [5.41, 5.74) is 0. The van der Waals surface area contributed by atoms with Crippen LogP contribution in [0, 0.1) is 0 Å². The van der Waals surface area contributed by atoms with Gasteiger partial charge in [0, 0.05) is 0 Å². The average molecular weight is 111 g/mol. The number of nitrogens with zero attached hydrogens (tertiary/aromatic N) is 1. The molecule has 1 nitrogen and oxygen atoms in total. The van der Waals surface area contributed by atoms with Crippen molar-refractivity contribution in [3.63, 3.8) is 0 Å². The summed E-state index contributed by atoms with van der Waals surface area (Å²) in [4.78, 5) is 2.40. The Morgan fingerprint density at radius 2 is 1.75 bits per heavy atom. The first-order chi connectivity index (χ1) is 3.79. The van der Waals surface area contributed by atoms with Crippen molar-refractivity contribution in [2.24, 2.45) is 0 Å². The lowest BCUT2D eigenvalue weighted by atomic mass is 9.46. The van der Waals surface area contributed by atoms with Gasteiger partial charge in [-0.3, -0.25) is 0 Å². The molecule has 8 heavy (non-hydrogen) atoms. The van der Waals surface area contributed by atoms with E-state index in [1.54, 1.807) is 0 Å². The minimum Gasteiger partial charge on any atom is -0.308 e. The molecular formula is C6H14BN. The molecular weight excluding hydrogens is 96.9 g/mol. The van der Waals surface area contributed by atoms with Gasteiger partial charge in [0.25, 0.3) is 0 Å². The van der Waals surface area contributed by atoms with E-state index in [-0.39, 0.29) is 0 Å². The van der Waals surface area contributed by atoms with Crippen molar-refractivity contribution in [1.29, 1.82) is 0 Å². The van der Waals surface area contributed by atoms with Crippen LogP contribution in [0.2, 0.25) is 19.5 Å². The van der Waals surface area contributed by atoms with Crippen molar-refractivity contribution in [2.75, 3.05) is 20.1 Å². The zero-order valence-corrected chi connectivity index (χ0v) is 5.85. The van der Waals surface area contributed by atoms with Gasteiger partial charge in [0.05, 0.1) is 0 Å². The van der Waals surface area contributed by atoms with Gasteiger partial charge in [0.2, 0.25) is 0 Å². The van der Waals surface area contributed by atoms with Gasteiger partial charge >= 0.3 is 0 Å². The molecule has 0 N–H and O–H groups in total. The van der Waals surface area contributed by atoms with Crippen LogP contribution in [0.1, 0.15) is 0 Å². The van der Waals surface area contributed by atoms with E-state index in [2.05, 4.69) is 18.8 Å². The monoisotopic (exact) mass is 111 g/mol. The van der Waals surface area contributed by atoms with Crippen molar-refractivity contribution < 1.29 is 0 Å². The molecule has 46 valence electrons. The van der Waals surface area contributed by atoms with E-state index < -0.39 is 0 Å². The van der Waals surface area contributed by atoms with Crippen molar-refractivity contribution >= 4 is 6.71 Å². The Morgan fingerprint density at radius 1 is 1.25 bits per heavy atom. The zero-order chi connectivity index (χ0) is 5.98. The summed E-state index contributed by atoms with van der Waals surface area (Å²) in [7, 11) is 2.20. The molecule has 1 aliphatic rings. The Morgan fingerprint density at radius 3 is 2.12 bits per heavy atom. The van der Waals surface area contributed by atoms with Gasteiger partial charge < -0.3 is 4.90 Å². The highest BCUT2D eigenvalue weighted by Gasteiger charge is 2.13. The third-order valence-electron chi connectivity index (χ3n) is 2.01. The molecule has 0 aromatic rings. The van der Waals surface area contributed by atoms with Gasteiger partial charge in [0.15, 0.2) is 0 Å². The van der Waals surface area contributed by atoms with Gasteiger partial charge in [-0.25, -0.2) is 0 Å². The zero-order valence-electron chi connectivity index (χ0n) is 5.85. The minimum absolute atomic E-state index is 0.978. The summed E-state index contributed by atoms with van der Waals surface area (Å²) < 4.78 is 0. The summed E-state index contributed by atoms with van der Waals surface area (Å²) in [5, 5.41) is 0. The molecule has 0 amide bonds. The standard InChI is InChI=1S/C6H14BN/c1-7-3-5-8(2)6-4-7/h3-6H2,1-2H3. The Bertz CT molecular complexity index is 56.9. The molecule has 0 aromatic heterocycles. The molecule has 1 rings (SSSR count). The molecule has 0 radical (unpaired) electrons. The van der Waals surface area contributed by atoms with E-state index in [9.17, 15) is 0 Å². The predicted molar refractivity (Wildman–Crippen MR) is 38.7 cm³/mol. The normalized spacial score (nSPS) is 24.0. The van der Waals surface area contributed by atoms with Crippen LogP contribution in [0.25, 0.3) is 0 Å². The number of rotatable bonds is 0. The SMILES string of the molecule is CB1CCN(C)CC1. The third-order valence-corrected chi connectivity index (χ3v) is 2.01. The van der Waals surface area contributed by atoms with Gasteiger partial charge in [-0.15, -0.1) is 0 Å². The van der Waals surface area contributed by atoms with Crippen LogP contribution in [0.3, 0.4) is 0 Å². The summed E-state index contributed by atoms with van der Waals surface area (Å²) >= 11 is 0. The lowest BCUT2D eigenvalue weighted by Gasteiger charge is -2.24. The van der Waals surface area contributed by atoms with Crippen LogP contribution in [-0.4, -0.2) is 31.7 Å². The van der Waals surface area contributed by atoms with Crippen molar-refractivity contribution in [3.8, 4) is 0 Å². The molecule has 0 aliphatic carbocycles. The van der Waals surface area contributed by atoms with E-state index in [0.717, 1.165) is 6.71 Å². The van der Waals surface area contributed by atoms with E-state index in [0.29, 0.717) is 0 Å². The van der Waals surface area contributed by atoms with Crippen molar-refractivity contribution in [3.05, 3.63) is 0 Å². The molecule has 1 aliphatic heterocycles. The third kappa shape index (κ3) is 1.51. The van der Waals surface area contributed by atoms with E-state index in [1.807, 2.05) is 0 Å². The fourth-order valence-electron chi connectivity index (χ4n) is 1.14. The van der Waals surface area contributed by atoms with E-state index in [4.69, 9.17) is 0 Å². The van der Waals surface area contributed by atoms with Crippen molar-refractivity contribution in [1.82, 2.24) is 4.90 Å². The molecule has 2 heteroatoms. The van der Waals surface area contributed by atoms with Crippen LogP contribution >= 0.6 is 0 Å². The van der Waals surface area contributed by atoms with E-state index >= 15 is 0 Å². The Kier molecular flexibility index (Phi) is 1.95. The van der Waals surface area contributed by atoms with Crippen LogP contribution in [0.15, 0.2) is 0 Å². The molecule has 0 unspecified atom stereocenters. The maximum absolute atomic E-state index is 2.40. The lowest BCUT2D eigenvalue weighted by Crippen LogP contribution is -2.32. The molecule has 0 bridgehead atoms. The van der Waals surface area contributed by atoms with Crippen molar-refractivity contribution in [2.45, 2.75) is 19.5 Å². The fourth-order valence-corrected chi connectivity index (χ4v) is 1.14. The van der Waals surface area contributed by atoms with Crippen LogP contribution in [0.5, 0.6) is 0 Å². The maximum atomic E-state index is 2.40. The largest absolute Gasteiger partial charge is 0.308 e. The quantitative estimate of drug-likeness (QED) is 0.422. The minimum atomic E-state index is 0.978. The maximum Gasteiger partial charge on any atom is 0.139 e. The second kappa shape index (κ2) is 2.54. The van der Waals surface area contributed by atoms with Crippen LogP contribution in [0.4, 0.5) is 0 Å². The second-order valence-electron chi connectivity index (χ2n) is 2.99. The highest BCUT2D eigenvalue weighted by molar-refractivity contribution is 6.57. The highest BCUT2D eigenvalue weighted by atomic mass is 15.1. The smallest absolute Gasteiger partial charge is 0.139 e. The molecule has 0 atom stereocenters. The number of hydrogen-bond acceptors (Lipinski definition) is 1. The van der Waals surface area contributed by atoms with Gasteiger partial charge in [-0.1, -0.05) is 19.5 Å². The molecule has 1 saturated heterocycles. The molecule has 1 heterocycles. The van der Waals surface area contributed by atoms with Gasteiger partial charge in [-0.05, 0) is 20.1 Å². The Balaban J connectivity index is 2.19. The first-order valence-corrected chi connectivity index (χ1v) is 3.47. The lowest BCUT2D eigenvalue weighted by molar-refractivity contribution is 0.358. The summed E-state index contributed by atoms with van der Waals surface area (Å²) in [6.07, 6.45) is 2.80. The van der Waals surface area contributed by atoms with Gasteiger partial charge in [0.1, 0.15) is 6.71 Å². The first kappa shape index (κ1) is 6.15. The number of hydrogen-bond donors (Lipinski definition) is 0. The molecule has 0 aromatic carbocycles. The second-order valence-corrected chi connectivity index (χ2v) is 2.99. The fraction of sp³-hybridized carbons (Fsp3) is 1.00. The van der Waals surface area contributed by atoms with E-state index in [1.165, 1.54) is 25.7 Å².